The molecule has 0 aromatic carbocycles. The van der Waals surface area contributed by atoms with E-state index in [1.807, 2.05) is 0 Å². The first-order chi connectivity index (χ1) is 15.3. The number of rotatable bonds is 27. The Morgan fingerprint density at radius 3 is 0.839 bits per heavy atom. The van der Waals surface area contributed by atoms with Crippen molar-refractivity contribution in [1.82, 2.24) is 0 Å². The second-order valence-corrected chi connectivity index (χ2v) is 10.4. The maximum atomic E-state index is 9.85. The van der Waals surface area contributed by atoms with Crippen LogP contribution in [0.2, 0.25) is 0 Å². The Morgan fingerprint density at radius 2 is 0.548 bits per heavy atom. The molecule has 31 heavy (non-hydrogen) atoms. The summed E-state index contributed by atoms with van der Waals surface area (Å²) in [6.45, 7) is 4.50. The van der Waals surface area contributed by atoms with Crippen LogP contribution in [0.15, 0.2) is 0 Å². The van der Waals surface area contributed by atoms with Gasteiger partial charge in [0.15, 0.2) is 0 Å². The predicted octanol–water partition coefficient (Wildman–Crippen LogP) is 10.9. The maximum absolute atomic E-state index is 9.85. The highest BCUT2D eigenvalue weighted by molar-refractivity contribution is 4.56. The number of aliphatic hydroxyl groups excluding tert-OH is 1. The van der Waals surface area contributed by atoms with Crippen molar-refractivity contribution in [3.63, 3.8) is 0 Å². The quantitative estimate of drug-likeness (QED) is 0.126. The van der Waals surface area contributed by atoms with Gasteiger partial charge in [0.1, 0.15) is 0 Å². The molecule has 0 aliphatic rings. The molecular formula is C30H62O. The van der Waals surface area contributed by atoms with Gasteiger partial charge in [0.25, 0.3) is 0 Å². The Morgan fingerprint density at radius 1 is 0.323 bits per heavy atom. The Hall–Kier alpha value is -0.0400. The van der Waals surface area contributed by atoms with Crippen LogP contribution < -0.4 is 0 Å². The Kier molecular flexibility index (Phi) is 28.0. The molecule has 0 aromatic heterocycles. The Bertz CT molecular complexity index is 301. The van der Waals surface area contributed by atoms with Crippen molar-refractivity contribution >= 4 is 0 Å². The third kappa shape index (κ3) is 27.9. The van der Waals surface area contributed by atoms with Crippen LogP contribution >= 0.6 is 0 Å². The van der Waals surface area contributed by atoms with Gasteiger partial charge in [0, 0.05) is 0 Å². The molecule has 0 aliphatic heterocycles. The minimum atomic E-state index is -0.0325. The minimum Gasteiger partial charge on any atom is -0.393 e. The van der Waals surface area contributed by atoms with E-state index in [0.29, 0.717) is 0 Å². The third-order valence-corrected chi connectivity index (χ3v) is 7.03. The van der Waals surface area contributed by atoms with E-state index in [9.17, 15) is 5.11 Å². The second-order valence-electron chi connectivity index (χ2n) is 10.4. The molecule has 0 rings (SSSR count). The van der Waals surface area contributed by atoms with Crippen LogP contribution in [0.5, 0.6) is 0 Å². The van der Waals surface area contributed by atoms with Crippen molar-refractivity contribution in [3.8, 4) is 0 Å². The third-order valence-electron chi connectivity index (χ3n) is 7.03. The van der Waals surface area contributed by atoms with Gasteiger partial charge in [0.05, 0.1) is 6.10 Å². The lowest BCUT2D eigenvalue weighted by atomic mass is 10.0. The van der Waals surface area contributed by atoms with E-state index < -0.39 is 0 Å². The van der Waals surface area contributed by atoms with E-state index in [-0.39, 0.29) is 6.10 Å². The highest BCUT2D eigenvalue weighted by atomic mass is 16.3. The molecule has 0 fully saturated rings. The summed E-state index contributed by atoms with van der Waals surface area (Å²) in [5.74, 6) is 0. The topological polar surface area (TPSA) is 20.2 Å². The maximum Gasteiger partial charge on any atom is 0.0540 e. The summed E-state index contributed by atoms with van der Waals surface area (Å²) >= 11 is 0. The molecule has 0 aliphatic carbocycles. The predicted molar refractivity (Wildman–Crippen MR) is 142 cm³/mol. The fourth-order valence-corrected chi connectivity index (χ4v) is 4.75. The fraction of sp³-hybridized carbons (Fsp3) is 1.00. The molecule has 1 atom stereocenters. The zero-order chi connectivity index (χ0) is 22.7. The van der Waals surface area contributed by atoms with Crippen LogP contribution in [0.25, 0.3) is 0 Å². The first-order valence-electron chi connectivity index (χ1n) is 15.0. The van der Waals surface area contributed by atoms with Crippen LogP contribution in [-0.2, 0) is 0 Å². The van der Waals surface area contributed by atoms with Gasteiger partial charge in [-0.2, -0.15) is 0 Å². The molecule has 1 unspecified atom stereocenters. The second kappa shape index (κ2) is 28.0. The van der Waals surface area contributed by atoms with Gasteiger partial charge in [-0.05, 0) is 12.8 Å². The van der Waals surface area contributed by atoms with Crippen LogP contribution in [0, 0.1) is 0 Å². The van der Waals surface area contributed by atoms with Crippen LogP contribution in [0.3, 0.4) is 0 Å². The van der Waals surface area contributed by atoms with Gasteiger partial charge in [-0.25, -0.2) is 0 Å². The lowest BCUT2D eigenvalue weighted by molar-refractivity contribution is 0.148. The van der Waals surface area contributed by atoms with Gasteiger partial charge >= 0.3 is 0 Å². The number of aliphatic hydroxyl groups is 1. The molecule has 0 bridgehead atoms. The first kappa shape index (κ1) is 31.0. The van der Waals surface area contributed by atoms with Gasteiger partial charge < -0.3 is 5.11 Å². The zero-order valence-corrected chi connectivity index (χ0v) is 22.1. The minimum absolute atomic E-state index is 0.0325. The standard InChI is InChI=1S/C30H62O/c1-3-5-7-8-9-10-11-12-13-14-15-16-17-18-19-20-21-22-23-24-25-26-27-29-30(31)28-6-4-2/h30-31H,3-29H2,1-2H3. The number of unbranched alkanes of at least 4 members (excludes halogenated alkanes) is 23. The first-order valence-corrected chi connectivity index (χ1v) is 15.0. The van der Waals surface area contributed by atoms with Crippen molar-refractivity contribution < 1.29 is 5.11 Å². The van der Waals surface area contributed by atoms with Crippen LogP contribution in [0.4, 0.5) is 0 Å². The monoisotopic (exact) mass is 438 g/mol. The summed E-state index contributed by atoms with van der Waals surface area (Å²) in [4.78, 5) is 0. The number of hydrogen-bond donors (Lipinski definition) is 1. The van der Waals surface area contributed by atoms with E-state index in [2.05, 4.69) is 13.8 Å². The van der Waals surface area contributed by atoms with Crippen molar-refractivity contribution in [1.29, 1.82) is 0 Å². The van der Waals surface area contributed by atoms with Crippen molar-refractivity contribution in [2.75, 3.05) is 0 Å². The summed E-state index contributed by atoms with van der Waals surface area (Å²) in [6.07, 6.45) is 37.5. The summed E-state index contributed by atoms with van der Waals surface area (Å²) < 4.78 is 0. The summed E-state index contributed by atoms with van der Waals surface area (Å²) in [6, 6.07) is 0. The normalized spacial score (nSPS) is 12.5. The summed E-state index contributed by atoms with van der Waals surface area (Å²) in [5.41, 5.74) is 0. The average Bonchev–Trinajstić information content (AvgIpc) is 2.78. The SMILES string of the molecule is CCCCCCCCCCCCCCCCCCCCCCCCCC(O)CCCC. The van der Waals surface area contributed by atoms with Gasteiger partial charge in [0.2, 0.25) is 0 Å². The molecule has 0 heterocycles. The van der Waals surface area contributed by atoms with Gasteiger partial charge in [-0.3, -0.25) is 0 Å². The van der Waals surface area contributed by atoms with Crippen molar-refractivity contribution in [2.24, 2.45) is 0 Å². The average molecular weight is 439 g/mol. The van der Waals surface area contributed by atoms with Gasteiger partial charge in [-0.1, -0.05) is 174 Å². The van der Waals surface area contributed by atoms with E-state index >= 15 is 0 Å². The Balaban J connectivity index is 3.03. The molecule has 1 N–H and O–H groups in total. The fourth-order valence-electron chi connectivity index (χ4n) is 4.75. The van der Waals surface area contributed by atoms with Crippen LogP contribution in [-0.4, -0.2) is 11.2 Å². The molecule has 1 nitrogen and oxygen atoms in total. The van der Waals surface area contributed by atoms with Gasteiger partial charge in [-0.15, -0.1) is 0 Å². The van der Waals surface area contributed by atoms with E-state index in [1.54, 1.807) is 0 Å². The Labute approximate surface area is 198 Å². The zero-order valence-electron chi connectivity index (χ0n) is 22.1. The number of hydrogen-bond acceptors (Lipinski definition) is 1. The molecule has 0 aromatic rings. The smallest absolute Gasteiger partial charge is 0.0540 e. The highest BCUT2D eigenvalue weighted by Crippen LogP contribution is 2.16. The van der Waals surface area contributed by atoms with Crippen molar-refractivity contribution in [2.45, 2.75) is 193 Å². The lowest BCUT2D eigenvalue weighted by Crippen LogP contribution is -2.05. The van der Waals surface area contributed by atoms with Crippen molar-refractivity contribution in [3.05, 3.63) is 0 Å². The van der Waals surface area contributed by atoms with Crippen LogP contribution in [0.1, 0.15) is 187 Å². The molecule has 0 radical (unpaired) electrons. The molecule has 0 amide bonds. The highest BCUT2D eigenvalue weighted by Gasteiger charge is 2.02. The molecule has 0 spiro atoms. The molecular weight excluding hydrogens is 376 g/mol. The van der Waals surface area contributed by atoms with E-state index in [0.717, 1.165) is 12.8 Å². The molecule has 0 saturated carbocycles. The summed E-state index contributed by atoms with van der Waals surface area (Å²) in [5, 5.41) is 9.85. The van der Waals surface area contributed by atoms with E-state index in [1.165, 1.54) is 161 Å². The molecule has 1 heteroatoms. The molecule has 188 valence electrons. The largest absolute Gasteiger partial charge is 0.393 e. The van der Waals surface area contributed by atoms with E-state index in [4.69, 9.17) is 0 Å². The molecule has 0 saturated heterocycles. The summed E-state index contributed by atoms with van der Waals surface area (Å²) in [7, 11) is 0. The lowest BCUT2D eigenvalue weighted by Gasteiger charge is -2.09.